The van der Waals surface area contributed by atoms with E-state index in [-0.39, 0.29) is 31.5 Å². The second kappa shape index (κ2) is 5.52. The van der Waals surface area contributed by atoms with Crippen LogP contribution in [-0.4, -0.2) is 33.9 Å². The van der Waals surface area contributed by atoms with Gasteiger partial charge in [-0.3, -0.25) is 4.90 Å². The Morgan fingerprint density at radius 1 is 1.19 bits per heavy atom. The first kappa shape index (κ1) is 15.6. The van der Waals surface area contributed by atoms with Gasteiger partial charge in [-0.05, 0) is 0 Å². The van der Waals surface area contributed by atoms with Crippen molar-refractivity contribution in [2.45, 2.75) is 31.0 Å². The molecule has 4 nitrogen and oxygen atoms in total. The fourth-order valence-electron chi connectivity index (χ4n) is 2.10. The lowest BCUT2D eigenvalue weighted by Gasteiger charge is -2.34. The number of likely N-dealkylation sites (tertiary alicyclic amines) is 1. The summed E-state index contributed by atoms with van der Waals surface area (Å²) >= 11 is 0. The van der Waals surface area contributed by atoms with E-state index in [2.05, 4.69) is 9.97 Å². The zero-order valence-electron chi connectivity index (χ0n) is 10.7. The van der Waals surface area contributed by atoms with Crippen molar-refractivity contribution < 1.29 is 22.0 Å². The number of halogens is 5. The average molecular weight is 306 g/mol. The summed E-state index contributed by atoms with van der Waals surface area (Å²) in [6, 6.07) is 0.966. The molecule has 1 unspecified atom stereocenters. The maximum atomic E-state index is 13.1. The molecular weight excluding hydrogens is 295 g/mol. The SMILES string of the molecule is N#CC(c1cnc(C(F)(F)F)nc1)N1CCC(F)(F)CC1. The fraction of sp³-hybridized carbons (Fsp3) is 0.583. The third kappa shape index (κ3) is 3.64. The number of piperidine rings is 1. The van der Waals surface area contributed by atoms with Crippen LogP contribution in [0, 0.1) is 11.3 Å². The van der Waals surface area contributed by atoms with Crippen molar-refractivity contribution in [3.8, 4) is 6.07 Å². The molecule has 1 atom stereocenters. The molecule has 114 valence electrons. The molecule has 0 aromatic carbocycles. The minimum atomic E-state index is -4.66. The van der Waals surface area contributed by atoms with E-state index in [1.165, 1.54) is 4.90 Å². The summed E-state index contributed by atoms with van der Waals surface area (Å²) in [5, 5.41) is 9.13. The van der Waals surface area contributed by atoms with Crippen LogP contribution in [0.5, 0.6) is 0 Å². The second-order valence-electron chi connectivity index (χ2n) is 4.76. The van der Waals surface area contributed by atoms with E-state index >= 15 is 0 Å². The van der Waals surface area contributed by atoms with E-state index in [1.807, 2.05) is 6.07 Å². The smallest absolute Gasteiger partial charge is 0.284 e. The lowest BCUT2D eigenvalue weighted by atomic mass is 10.0. The molecule has 1 aromatic rings. The van der Waals surface area contributed by atoms with Gasteiger partial charge in [0.2, 0.25) is 5.82 Å². The Morgan fingerprint density at radius 3 is 2.14 bits per heavy atom. The largest absolute Gasteiger partial charge is 0.451 e. The highest BCUT2D eigenvalue weighted by Crippen LogP contribution is 2.32. The van der Waals surface area contributed by atoms with Crippen molar-refractivity contribution in [2.24, 2.45) is 0 Å². The maximum absolute atomic E-state index is 13.1. The second-order valence-corrected chi connectivity index (χ2v) is 4.76. The molecule has 1 aliphatic rings. The summed E-state index contributed by atoms with van der Waals surface area (Å²) in [6.07, 6.45) is -3.60. The number of nitriles is 1. The van der Waals surface area contributed by atoms with Gasteiger partial charge in [-0.1, -0.05) is 0 Å². The van der Waals surface area contributed by atoms with Crippen LogP contribution in [0.2, 0.25) is 0 Å². The maximum Gasteiger partial charge on any atom is 0.451 e. The first-order valence-electron chi connectivity index (χ1n) is 6.13. The molecule has 1 aromatic heterocycles. The van der Waals surface area contributed by atoms with Gasteiger partial charge in [-0.25, -0.2) is 18.7 Å². The standard InChI is InChI=1S/C12H11F5N4/c13-11(14)1-3-21(4-2-11)9(5-18)8-6-19-10(20-7-8)12(15,16)17/h6-7,9H,1-4H2. The van der Waals surface area contributed by atoms with Crippen LogP contribution in [-0.2, 0) is 6.18 Å². The van der Waals surface area contributed by atoms with E-state index in [1.54, 1.807) is 0 Å². The molecule has 0 N–H and O–H groups in total. The molecule has 1 saturated heterocycles. The van der Waals surface area contributed by atoms with Crippen LogP contribution in [0.1, 0.15) is 30.3 Å². The molecule has 0 saturated carbocycles. The molecular formula is C12H11F5N4. The van der Waals surface area contributed by atoms with Gasteiger partial charge in [-0.2, -0.15) is 18.4 Å². The quantitative estimate of drug-likeness (QED) is 0.788. The van der Waals surface area contributed by atoms with Gasteiger partial charge in [-0.15, -0.1) is 0 Å². The summed E-state index contributed by atoms with van der Waals surface area (Å²) in [6.45, 7) is -0.0154. The van der Waals surface area contributed by atoms with Gasteiger partial charge in [0.05, 0.1) is 6.07 Å². The molecule has 1 aliphatic heterocycles. The third-order valence-electron chi connectivity index (χ3n) is 3.26. The molecule has 0 amide bonds. The van der Waals surface area contributed by atoms with Crippen molar-refractivity contribution in [3.63, 3.8) is 0 Å². The molecule has 0 spiro atoms. The van der Waals surface area contributed by atoms with Gasteiger partial charge in [0, 0.05) is 43.9 Å². The number of hydrogen-bond donors (Lipinski definition) is 0. The van der Waals surface area contributed by atoms with E-state index in [9.17, 15) is 22.0 Å². The third-order valence-corrected chi connectivity index (χ3v) is 3.26. The van der Waals surface area contributed by atoms with Gasteiger partial charge < -0.3 is 0 Å². The lowest BCUT2D eigenvalue weighted by molar-refractivity contribution is -0.145. The van der Waals surface area contributed by atoms with Crippen molar-refractivity contribution >= 4 is 0 Å². The molecule has 0 bridgehead atoms. The van der Waals surface area contributed by atoms with Crippen molar-refractivity contribution in [1.82, 2.24) is 14.9 Å². The Balaban J connectivity index is 2.14. The van der Waals surface area contributed by atoms with Gasteiger partial charge in [0.1, 0.15) is 6.04 Å². The number of rotatable bonds is 2. The average Bonchev–Trinajstić information content (AvgIpc) is 2.41. The van der Waals surface area contributed by atoms with Crippen LogP contribution in [0.25, 0.3) is 0 Å². The summed E-state index contributed by atoms with van der Waals surface area (Å²) in [5.41, 5.74) is 0.163. The highest BCUT2D eigenvalue weighted by atomic mass is 19.4. The van der Waals surface area contributed by atoms with E-state index in [0.29, 0.717) is 0 Å². The molecule has 21 heavy (non-hydrogen) atoms. The fourth-order valence-corrected chi connectivity index (χ4v) is 2.10. The van der Waals surface area contributed by atoms with Gasteiger partial charge in [0.15, 0.2) is 0 Å². The van der Waals surface area contributed by atoms with E-state index in [4.69, 9.17) is 5.26 Å². The minimum absolute atomic E-state index is 0.00769. The Hall–Kier alpha value is -1.82. The highest BCUT2D eigenvalue weighted by Gasteiger charge is 2.38. The predicted molar refractivity (Wildman–Crippen MR) is 61.1 cm³/mol. The first-order chi connectivity index (χ1) is 9.73. The molecule has 9 heteroatoms. The molecule has 0 radical (unpaired) electrons. The van der Waals surface area contributed by atoms with Crippen LogP contribution in [0.3, 0.4) is 0 Å². The Bertz CT molecular complexity index is 524. The first-order valence-corrected chi connectivity index (χ1v) is 6.13. The van der Waals surface area contributed by atoms with Crippen molar-refractivity contribution in [3.05, 3.63) is 23.8 Å². The van der Waals surface area contributed by atoms with Crippen LogP contribution in [0.15, 0.2) is 12.4 Å². The van der Waals surface area contributed by atoms with Gasteiger partial charge >= 0.3 is 6.18 Å². The summed E-state index contributed by atoms with van der Waals surface area (Å²) in [7, 11) is 0. The molecule has 0 aliphatic carbocycles. The normalized spacial score (nSPS) is 20.8. The number of alkyl halides is 5. The zero-order valence-corrected chi connectivity index (χ0v) is 10.7. The number of hydrogen-bond acceptors (Lipinski definition) is 4. The molecule has 2 rings (SSSR count). The highest BCUT2D eigenvalue weighted by molar-refractivity contribution is 5.19. The molecule has 2 heterocycles. The Kier molecular flexibility index (Phi) is 4.09. The minimum Gasteiger partial charge on any atom is -0.284 e. The summed E-state index contributed by atoms with van der Waals surface area (Å²) in [4.78, 5) is 7.85. The summed E-state index contributed by atoms with van der Waals surface area (Å²) < 4.78 is 63.2. The lowest BCUT2D eigenvalue weighted by Crippen LogP contribution is -2.41. The monoisotopic (exact) mass is 306 g/mol. The Labute approximate surface area is 117 Å². The van der Waals surface area contributed by atoms with Crippen LogP contribution in [0.4, 0.5) is 22.0 Å². The van der Waals surface area contributed by atoms with Crippen molar-refractivity contribution in [1.29, 1.82) is 5.26 Å². The topological polar surface area (TPSA) is 52.8 Å². The van der Waals surface area contributed by atoms with Gasteiger partial charge in [0.25, 0.3) is 5.92 Å². The molecule has 1 fully saturated rings. The van der Waals surface area contributed by atoms with E-state index in [0.717, 1.165) is 12.4 Å². The van der Waals surface area contributed by atoms with Crippen LogP contribution >= 0.6 is 0 Å². The number of nitrogens with zero attached hydrogens (tertiary/aromatic N) is 4. The number of aromatic nitrogens is 2. The van der Waals surface area contributed by atoms with Crippen LogP contribution < -0.4 is 0 Å². The predicted octanol–water partition coefficient (Wildman–Crippen LogP) is 2.79. The zero-order chi connectivity index (χ0) is 15.7. The Morgan fingerprint density at radius 2 is 1.71 bits per heavy atom. The summed E-state index contributed by atoms with van der Waals surface area (Å²) in [5.74, 6) is -4.05. The van der Waals surface area contributed by atoms with Crippen molar-refractivity contribution in [2.75, 3.05) is 13.1 Å². The van der Waals surface area contributed by atoms with E-state index < -0.39 is 24.0 Å².